The summed E-state index contributed by atoms with van der Waals surface area (Å²) < 4.78 is 53.6. The van der Waals surface area contributed by atoms with E-state index in [9.17, 15) is 22.8 Å². The monoisotopic (exact) mass is 667 g/mol. The molecule has 9 nitrogen and oxygen atoms in total. The van der Waals surface area contributed by atoms with Gasteiger partial charge in [-0.3, -0.25) is 15.1 Å². The minimum absolute atomic E-state index is 0.0617. The summed E-state index contributed by atoms with van der Waals surface area (Å²) >= 11 is 5.92. The van der Waals surface area contributed by atoms with Crippen LogP contribution in [-0.4, -0.2) is 59.4 Å². The van der Waals surface area contributed by atoms with Gasteiger partial charge in [-0.2, -0.15) is 0 Å². The van der Waals surface area contributed by atoms with Crippen molar-refractivity contribution in [1.82, 2.24) is 20.2 Å². The van der Waals surface area contributed by atoms with Crippen molar-refractivity contribution in [2.45, 2.75) is 44.1 Å². The predicted octanol–water partition coefficient (Wildman–Crippen LogP) is 6.22. The molecule has 3 heterocycles. The maximum atomic E-state index is 15.0. The van der Waals surface area contributed by atoms with E-state index in [0.29, 0.717) is 34.9 Å². The molecule has 4 aromatic rings. The molecule has 1 saturated heterocycles. The molecule has 246 valence electrons. The van der Waals surface area contributed by atoms with Gasteiger partial charge in [0.1, 0.15) is 22.6 Å². The minimum atomic E-state index is -0.670. The van der Waals surface area contributed by atoms with Gasteiger partial charge in [0.05, 0.1) is 43.0 Å². The number of rotatable bonds is 11. The second-order valence-electron chi connectivity index (χ2n) is 11.1. The Morgan fingerprint density at radius 1 is 1.04 bits per heavy atom. The zero-order valence-electron chi connectivity index (χ0n) is 25.5. The molecule has 0 saturated carbocycles. The van der Waals surface area contributed by atoms with Crippen molar-refractivity contribution in [2.24, 2.45) is 0 Å². The van der Waals surface area contributed by atoms with Crippen LogP contribution in [0, 0.1) is 17.5 Å². The van der Waals surface area contributed by atoms with Crippen LogP contribution in [0.25, 0.3) is 0 Å². The number of ether oxygens (including phenoxy) is 2. The van der Waals surface area contributed by atoms with Crippen molar-refractivity contribution in [3.63, 3.8) is 0 Å². The van der Waals surface area contributed by atoms with Crippen LogP contribution in [0.3, 0.4) is 0 Å². The van der Waals surface area contributed by atoms with Crippen molar-refractivity contribution in [1.29, 1.82) is 0 Å². The van der Waals surface area contributed by atoms with E-state index in [0.717, 1.165) is 6.20 Å². The molecule has 1 fully saturated rings. The Kier molecular flexibility index (Phi) is 11.4. The number of aromatic nitrogens is 2. The third kappa shape index (κ3) is 9.50. The first-order chi connectivity index (χ1) is 22.6. The highest BCUT2D eigenvalue weighted by Crippen LogP contribution is 2.30. The smallest absolute Gasteiger partial charge is 0.411 e. The van der Waals surface area contributed by atoms with Crippen LogP contribution in [0.15, 0.2) is 79.1 Å². The second-order valence-corrected chi connectivity index (χ2v) is 11.5. The molecule has 2 aromatic carbocycles. The molecular formula is C34H33ClF3N5O4. The lowest BCUT2D eigenvalue weighted by Crippen LogP contribution is -2.49. The van der Waals surface area contributed by atoms with Gasteiger partial charge in [0, 0.05) is 31.5 Å². The molecule has 47 heavy (non-hydrogen) atoms. The summed E-state index contributed by atoms with van der Waals surface area (Å²) in [6, 6.07) is 16.6. The largest absolute Gasteiger partial charge is 0.428 e. The quantitative estimate of drug-likeness (QED) is 0.183. The predicted molar refractivity (Wildman–Crippen MR) is 169 cm³/mol. The number of nitrogens with zero attached hydrogens (tertiary/aromatic N) is 3. The topological polar surface area (TPSA) is 106 Å². The summed E-state index contributed by atoms with van der Waals surface area (Å²) in [5.41, 5.74) is 2.44. The molecule has 0 unspecified atom stereocenters. The number of carbonyl (C=O) groups excluding carboxylic acids is 2. The summed E-state index contributed by atoms with van der Waals surface area (Å²) in [5, 5.41) is 6.23. The zero-order valence-corrected chi connectivity index (χ0v) is 26.2. The van der Waals surface area contributed by atoms with Gasteiger partial charge in [-0.15, -0.1) is 0 Å². The van der Waals surface area contributed by atoms with Crippen LogP contribution in [0.4, 0.5) is 23.7 Å². The van der Waals surface area contributed by atoms with Crippen molar-refractivity contribution in [3.05, 3.63) is 124 Å². The molecule has 0 radical (unpaired) electrons. The van der Waals surface area contributed by atoms with Crippen LogP contribution >= 0.6 is 11.6 Å². The van der Waals surface area contributed by atoms with Gasteiger partial charge < -0.3 is 19.7 Å². The van der Waals surface area contributed by atoms with Crippen LogP contribution in [0.1, 0.15) is 41.1 Å². The molecule has 0 bridgehead atoms. The third-order valence-corrected chi connectivity index (χ3v) is 7.92. The van der Waals surface area contributed by atoms with Crippen LogP contribution in [-0.2, 0) is 27.2 Å². The van der Waals surface area contributed by atoms with E-state index in [1.54, 1.807) is 49.5 Å². The molecule has 0 aliphatic carbocycles. The van der Waals surface area contributed by atoms with Crippen LogP contribution in [0.2, 0.25) is 5.15 Å². The summed E-state index contributed by atoms with van der Waals surface area (Å²) in [6.45, 7) is 0.657. The average Bonchev–Trinajstić information content (AvgIpc) is 3.05. The fourth-order valence-corrected chi connectivity index (χ4v) is 5.44. The Morgan fingerprint density at radius 2 is 1.72 bits per heavy atom. The third-order valence-electron chi connectivity index (χ3n) is 7.71. The van der Waals surface area contributed by atoms with Crippen LogP contribution < -0.4 is 10.6 Å². The van der Waals surface area contributed by atoms with Crippen molar-refractivity contribution >= 4 is 29.3 Å². The van der Waals surface area contributed by atoms with Gasteiger partial charge in [0.15, 0.2) is 6.23 Å². The molecule has 0 spiro atoms. The molecule has 2 aromatic heterocycles. The number of hydrogen-bond acceptors (Lipinski definition) is 7. The number of halogens is 4. The number of nitrogens with one attached hydrogen (secondary N) is 2. The Hall–Kier alpha value is -4.52. The summed E-state index contributed by atoms with van der Waals surface area (Å²) in [5.74, 6) is -2.35. The van der Waals surface area contributed by atoms with Crippen molar-refractivity contribution in [3.8, 4) is 0 Å². The molecule has 2 N–H and O–H groups in total. The first-order valence-electron chi connectivity index (χ1n) is 15.0. The SMILES string of the molecule is CN(Cc1cccc(Cl)n1)C(=O)O[C@H]1CO[C@H](CCc2c(F)cncc2NC(=O)CC(c2ccc(F)cc2)c2ccc(F)cc2)CN1. The van der Waals surface area contributed by atoms with Crippen LogP contribution in [0.5, 0.6) is 0 Å². The van der Waals surface area contributed by atoms with Gasteiger partial charge in [-0.05, 0) is 60.4 Å². The fourth-order valence-electron chi connectivity index (χ4n) is 5.26. The molecule has 1 aliphatic rings. The van der Waals surface area contributed by atoms with Gasteiger partial charge in [-0.1, -0.05) is 41.9 Å². The number of anilines is 1. The molecule has 2 amide bonds. The highest BCUT2D eigenvalue weighted by atomic mass is 35.5. The van der Waals surface area contributed by atoms with E-state index < -0.39 is 41.6 Å². The lowest BCUT2D eigenvalue weighted by Gasteiger charge is -2.31. The lowest BCUT2D eigenvalue weighted by molar-refractivity contribution is -0.116. The Bertz CT molecular complexity index is 1630. The summed E-state index contributed by atoms with van der Waals surface area (Å²) in [6.07, 6.45) is 1.50. The highest BCUT2D eigenvalue weighted by Gasteiger charge is 2.26. The van der Waals surface area contributed by atoms with E-state index in [2.05, 4.69) is 20.6 Å². The van der Waals surface area contributed by atoms with E-state index in [4.69, 9.17) is 21.1 Å². The fraction of sp³-hybridized carbons (Fsp3) is 0.294. The molecule has 13 heteroatoms. The maximum absolute atomic E-state index is 15.0. The maximum Gasteiger partial charge on any atom is 0.411 e. The van der Waals surface area contributed by atoms with Gasteiger partial charge in [0.25, 0.3) is 0 Å². The van der Waals surface area contributed by atoms with Gasteiger partial charge >= 0.3 is 6.09 Å². The lowest BCUT2D eigenvalue weighted by atomic mass is 9.88. The highest BCUT2D eigenvalue weighted by molar-refractivity contribution is 6.29. The van der Waals surface area contributed by atoms with Gasteiger partial charge in [-0.25, -0.2) is 22.9 Å². The minimum Gasteiger partial charge on any atom is -0.428 e. The number of hydrogen-bond donors (Lipinski definition) is 2. The molecule has 2 atom stereocenters. The van der Waals surface area contributed by atoms with E-state index in [1.165, 1.54) is 35.4 Å². The number of carbonyl (C=O) groups is 2. The Morgan fingerprint density at radius 3 is 2.34 bits per heavy atom. The number of benzene rings is 2. The van der Waals surface area contributed by atoms with Gasteiger partial charge in [0.2, 0.25) is 5.91 Å². The van der Waals surface area contributed by atoms with Crippen molar-refractivity contribution < 1.29 is 32.2 Å². The standard InChI is InChI=1S/C34H33ClF3N5O4/c1-43(19-25-3-2-4-31(35)41-25)34(45)47-33-20-46-26(16-40-33)13-14-27-29(38)17-39-18-30(27)42-32(44)15-28(21-5-9-23(36)10-6-21)22-7-11-24(37)12-8-22/h2-12,17-18,26,28,33,40H,13-16,19-20H2,1H3,(H,42,44)/t26-,33+/m1/s1. The second kappa shape index (κ2) is 15.9. The summed E-state index contributed by atoms with van der Waals surface area (Å²) in [7, 11) is 1.59. The first-order valence-corrected chi connectivity index (χ1v) is 15.3. The molecule has 1 aliphatic heterocycles. The summed E-state index contributed by atoms with van der Waals surface area (Å²) in [4.78, 5) is 35.3. The number of amides is 2. The number of pyridine rings is 2. The molecular weight excluding hydrogens is 635 g/mol. The normalized spacial score (nSPS) is 16.1. The van der Waals surface area contributed by atoms with Crippen molar-refractivity contribution in [2.75, 3.05) is 25.5 Å². The molecule has 5 rings (SSSR count). The first kappa shape index (κ1) is 33.8. The Labute approximate surface area is 275 Å². The Balaban J connectivity index is 1.15. The van der Waals surface area contributed by atoms with E-state index in [1.807, 2.05) is 0 Å². The average molecular weight is 668 g/mol. The van der Waals surface area contributed by atoms with E-state index in [-0.39, 0.29) is 43.3 Å². The number of morpholine rings is 1. The zero-order chi connectivity index (χ0) is 33.3. The van der Waals surface area contributed by atoms with E-state index >= 15 is 0 Å².